The molecule has 0 spiro atoms. The maximum absolute atomic E-state index is 12.4. The van der Waals surface area contributed by atoms with Crippen molar-refractivity contribution in [1.29, 1.82) is 0 Å². The second-order valence-corrected chi connectivity index (χ2v) is 5.15. The van der Waals surface area contributed by atoms with Crippen molar-refractivity contribution in [3.63, 3.8) is 0 Å². The molecule has 0 bridgehead atoms. The van der Waals surface area contributed by atoms with Crippen LogP contribution in [0, 0.1) is 6.92 Å². The Bertz CT molecular complexity index is 748. The number of fused-ring (bicyclic) bond motifs is 1. The molecule has 1 heterocycles. The molecule has 110 valence electrons. The van der Waals surface area contributed by atoms with Gasteiger partial charge in [0.05, 0.1) is 17.7 Å². The molecule has 2 aromatic carbocycles. The number of rotatable bonds is 4. The quantitative estimate of drug-likeness (QED) is 0.695. The van der Waals surface area contributed by atoms with Gasteiger partial charge >= 0.3 is 0 Å². The molecule has 0 saturated carbocycles. The normalized spacial score (nSPS) is 13.2. The predicted octanol–water partition coefficient (Wildman–Crippen LogP) is 2.36. The molecule has 2 aromatic rings. The summed E-state index contributed by atoms with van der Waals surface area (Å²) in [5, 5.41) is 2.57. The van der Waals surface area contributed by atoms with Crippen LogP contribution in [0.2, 0.25) is 0 Å². The highest BCUT2D eigenvalue weighted by atomic mass is 16.2. The molecule has 5 heteroatoms. The summed E-state index contributed by atoms with van der Waals surface area (Å²) in [7, 11) is 0. The van der Waals surface area contributed by atoms with E-state index in [2.05, 4.69) is 5.32 Å². The van der Waals surface area contributed by atoms with Gasteiger partial charge in [-0.2, -0.15) is 0 Å². The molecule has 0 saturated heterocycles. The van der Waals surface area contributed by atoms with Crippen LogP contribution in [0.1, 0.15) is 31.8 Å². The lowest BCUT2D eigenvalue weighted by Gasteiger charge is -2.16. The molecule has 0 radical (unpaired) electrons. The van der Waals surface area contributed by atoms with Crippen molar-refractivity contribution >= 4 is 23.9 Å². The van der Waals surface area contributed by atoms with Gasteiger partial charge in [-0.3, -0.25) is 19.3 Å². The monoisotopic (exact) mass is 294 g/mol. The van der Waals surface area contributed by atoms with E-state index in [9.17, 15) is 14.4 Å². The molecule has 1 aliphatic heterocycles. The Labute approximate surface area is 127 Å². The number of carbonyl (C=O) groups is 3. The lowest BCUT2D eigenvalue weighted by atomic mass is 10.1. The molecule has 0 fully saturated rings. The zero-order valence-corrected chi connectivity index (χ0v) is 12.0. The van der Waals surface area contributed by atoms with E-state index >= 15 is 0 Å². The predicted molar refractivity (Wildman–Crippen MR) is 81.5 cm³/mol. The van der Waals surface area contributed by atoms with E-state index in [1.165, 1.54) is 4.90 Å². The van der Waals surface area contributed by atoms with Crippen LogP contribution in [-0.2, 0) is 11.3 Å². The van der Waals surface area contributed by atoms with Gasteiger partial charge in [0.15, 0.2) is 0 Å². The van der Waals surface area contributed by atoms with Gasteiger partial charge in [-0.1, -0.05) is 18.2 Å². The fraction of sp³-hybridized carbons (Fsp3) is 0.118. The number of nitrogens with one attached hydrogen (secondary N) is 1. The maximum atomic E-state index is 12.4. The number of benzene rings is 2. The first-order valence-electron chi connectivity index (χ1n) is 6.87. The lowest BCUT2D eigenvalue weighted by molar-refractivity contribution is -0.105. The number of imide groups is 1. The summed E-state index contributed by atoms with van der Waals surface area (Å²) in [6.07, 6.45) is 0.594. The van der Waals surface area contributed by atoms with Crippen molar-refractivity contribution in [2.75, 3.05) is 5.32 Å². The standard InChI is InChI=1S/C17H14N2O3/c1-11-6-7-13(18-10-20)8-12(11)9-19-16(21)14-4-2-3-5-15(14)17(19)22/h2-8,10H,9H2,1H3,(H,18,20). The van der Waals surface area contributed by atoms with Crippen LogP contribution in [0.3, 0.4) is 0 Å². The highest BCUT2D eigenvalue weighted by molar-refractivity contribution is 6.21. The first-order valence-corrected chi connectivity index (χ1v) is 6.87. The number of hydrogen-bond acceptors (Lipinski definition) is 3. The van der Waals surface area contributed by atoms with E-state index in [4.69, 9.17) is 0 Å². The molecule has 0 unspecified atom stereocenters. The van der Waals surface area contributed by atoms with Crippen LogP contribution in [0.4, 0.5) is 5.69 Å². The van der Waals surface area contributed by atoms with Crippen molar-refractivity contribution < 1.29 is 14.4 Å². The summed E-state index contributed by atoms with van der Waals surface area (Å²) in [6.45, 7) is 2.09. The van der Waals surface area contributed by atoms with Gasteiger partial charge in [0.1, 0.15) is 0 Å². The van der Waals surface area contributed by atoms with Crippen molar-refractivity contribution in [1.82, 2.24) is 4.90 Å². The summed E-state index contributed by atoms with van der Waals surface area (Å²) in [4.78, 5) is 36.5. The van der Waals surface area contributed by atoms with Crippen LogP contribution in [0.5, 0.6) is 0 Å². The van der Waals surface area contributed by atoms with Gasteiger partial charge in [-0.05, 0) is 42.3 Å². The molecule has 3 rings (SSSR count). The van der Waals surface area contributed by atoms with E-state index in [-0.39, 0.29) is 18.4 Å². The summed E-state index contributed by atoms with van der Waals surface area (Å²) >= 11 is 0. The zero-order valence-electron chi connectivity index (χ0n) is 12.0. The smallest absolute Gasteiger partial charge is 0.261 e. The van der Waals surface area contributed by atoms with Crippen molar-refractivity contribution in [3.05, 3.63) is 64.7 Å². The second-order valence-electron chi connectivity index (χ2n) is 5.15. The van der Waals surface area contributed by atoms with Gasteiger partial charge in [0, 0.05) is 5.69 Å². The first-order chi connectivity index (χ1) is 10.6. The van der Waals surface area contributed by atoms with Crippen molar-refractivity contribution in [3.8, 4) is 0 Å². The van der Waals surface area contributed by atoms with Crippen molar-refractivity contribution in [2.24, 2.45) is 0 Å². The molecule has 22 heavy (non-hydrogen) atoms. The Morgan fingerprint density at radius 2 is 1.68 bits per heavy atom. The van der Waals surface area contributed by atoms with Gasteiger partial charge in [0.25, 0.3) is 11.8 Å². The Kier molecular flexibility index (Phi) is 3.47. The highest BCUT2D eigenvalue weighted by Crippen LogP contribution is 2.26. The molecule has 1 aliphatic rings. The molecular weight excluding hydrogens is 280 g/mol. The molecular formula is C17H14N2O3. The van der Waals surface area contributed by atoms with Crippen LogP contribution in [0.15, 0.2) is 42.5 Å². The molecule has 1 N–H and O–H groups in total. The van der Waals surface area contributed by atoms with Crippen LogP contribution < -0.4 is 5.32 Å². The van der Waals surface area contributed by atoms with E-state index < -0.39 is 0 Å². The fourth-order valence-electron chi connectivity index (χ4n) is 2.55. The molecule has 0 aromatic heterocycles. The van der Waals surface area contributed by atoms with E-state index in [1.807, 2.05) is 13.0 Å². The summed E-state index contributed by atoms with van der Waals surface area (Å²) in [6, 6.07) is 12.2. The number of carbonyl (C=O) groups excluding carboxylic acids is 3. The number of amides is 3. The first kappa shape index (κ1) is 14.0. The number of nitrogens with zero attached hydrogens (tertiary/aromatic N) is 1. The molecule has 5 nitrogen and oxygen atoms in total. The number of anilines is 1. The Morgan fingerprint density at radius 3 is 2.27 bits per heavy atom. The van der Waals surface area contributed by atoms with E-state index in [0.717, 1.165) is 11.1 Å². The van der Waals surface area contributed by atoms with Crippen molar-refractivity contribution in [2.45, 2.75) is 13.5 Å². The average molecular weight is 294 g/mol. The number of aryl methyl sites for hydroxylation is 1. The average Bonchev–Trinajstić information content (AvgIpc) is 2.76. The second kappa shape index (κ2) is 5.44. The molecule has 3 amide bonds. The summed E-state index contributed by atoms with van der Waals surface area (Å²) in [5.41, 5.74) is 3.28. The molecule has 0 aliphatic carbocycles. The third-order valence-corrected chi connectivity index (χ3v) is 3.78. The minimum atomic E-state index is -0.284. The largest absolute Gasteiger partial charge is 0.329 e. The van der Waals surface area contributed by atoms with E-state index in [0.29, 0.717) is 23.2 Å². The minimum Gasteiger partial charge on any atom is -0.329 e. The van der Waals surface area contributed by atoms with Crippen LogP contribution >= 0.6 is 0 Å². The minimum absolute atomic E-state index is 0.187. The van der Waals surface area contributed by atoms with Gasteiger partial charge in [-0.15, -0.1) is 0 Å². The molecule has 0 atom stereocenters. The van der Waals surface area contributed by atoms with Gasteiger partial charge in [0.2, 0.25) is 6.41 Å². The maximum Gasteiger partial charge on any atom is 0.261 e. The SMILES string of the molecule is Cc1ccc(NC=O)cc1CN1C(=O)c2ccccc2C1=O. The zero-order chi connectivity index (χ0) is 15.7. The third-order valence-electron chi connectivity index (χ3n) is 3.78. The lowest BCUT2D eigenvalue weighted by Crippen LogP contribution is -2.29. The Morgan fingerprint density at radius 1 is 1.05 bits per heavy atom. The summed E-state index contributed by atoms with van der Waals surface area (Å²) < 4.78 is 0. The summed E-state index contributed by atoms with van der Waals surface area (Å²) in [5.74, 6) is -0.567. The van der Waals surface area contributed by atoms with Gasteiger partial charge < -0.3 is 5.32 Å². The third kappa shape index (κ3) is 2.26. The van der Waals surface area contributed by atoms with Crippen LogP contribution in [0.25, 0.3) is 0 Å². The van der Waals surface area contributed by atoms with Gasteiger partial charge in [-0.25, -0.2) is 0 Å². The topological polar surface area (TPSA) is 66.5 Å². The highest BCUT2D eigenvalue weighted by Gasteiger charge is 2.35. The Hall–Kier alpha value is -2.95. The number of hydrogen-bond donors (Lipinski definition) is 1. The fourth-order valence-corrected chi connectivity index (χ4v) is 2.55. The Balaban J connectivity index is 1.92. The van der Waals surface area contributed by atoms with Crippen LogP contribution in [-0.4, -0.2) is 23.1 Å². The van der Waals surface area contributed by atoms with E-state index in [1.54, 1.807) is 36.4 Å².